The molecule has 1 aromatic carbocycles. The van der Waals surface area contributed by atoms with Gasteiger partial charge >= 0.3 is 0 Å². The summed E-state index contributed by atoms with van der Waals surface area (Å²) < 4.78 is 0. The zero-order chi connectivity index (χ0) is 16.8. The second-order valence-corrected chi connectivity index (χ2v) is 6.43. The maximum Gasteiger partial charge on any atom is 0.233 e. The molecule has 0 aromatic heterocycles. The highest BCUT2D eigenvalue weighted by molar-refractivity contribution is 8.00. The molecule has 2 rings (SSSR count). The Hall–Kier alpha value is -2.02. The first-order chi connectivity index (χ1) is 11.0. The number of carbonyl (C=O) groups is 3. The molecule has 0 spiro atoms. The molecule has 1 aliphatic heterocycles. The quantitative estimate of drug-likeness (QED) is 0.845. The molecular formula is C16H21N3O3S. The summed E-state index contributed by atoms with van der Waals surface area (Å²) in [5.74, 6) is 0.416. The average Bonchev–Trinajstić information content (AvgIpc) is 2.53. The van der Waals surface area contributed by atoms with Crippen molar-refractivity contribution in [2.45, 2.75) is 18.7 Å². The first kappa shape index (κ1) is 17.3. The van der Waals surface area contributed by atoms with Gasteiger partial charge < -0.3 is 15.1 Å². The van der Waals surface area contributed by atoms with Gasteiger partial charge in [0.1, 0.15) is 0 Å². The molecule has 1 saturated heterocycles. The van der Waals surface area contributed by atoms with Crippen molar-refractivity contribution < 1.29 is 14.4 Å². The van der Waals surface area contributed by atoms with E-state index in [0.717, 1.165) is 10.6 Å². The third-order valence-electron chi connectivity index (χ3n) is 3.61. The number of nitrogens with zero attached hydrogens (tertiary/aromatic N) is 2. The van der Waals surface area contributed by atoms with E-state index in [1.807, 2.05) is 24.3 Å². The Kier molecular flexibility index (Phi) is 6.04. The van der Waals surface area contributed by atoms with Gasteiger partial charge in [0.05, 0.1) is 5.75 Å². The Labute approximate surface area is 140 Å². The van der Waals surface area contributed by atoms with Crippen molar-refractivity contribution in [3.63, 3.8) is 0 Å². The Morgan fingerprint density at radius 1 is 1.00 bits per heavy atom. The van der Waals surface area contributed by atoms with Gasteiger partial charge in [0.15, 0.2) is 0 Å². The van der Waals surface area contributed by atoms with Crippen molar-refractivity contribution in [1.29, 1.82) is 0 Å². The van der Waals surface area contributed by atoms with Crippen LogP contribution in [0, 0.1) is 0 Å². The monoisotopic (exact) mass is 335 g/mol. The molecule has 0 aliphatic carbocycles. The van der Waals surface area contributed by atoms with Crippen LogP contribution in [-0.4, -0.2) is 59.5 Å². The van der Waals surface area contributed by atoms with E-state index in [1.54, 1.807) is 16.7 Å². The lowest BCUT2D eigenvalue weighted by Gasteiger charge is -2.34. The van der Waals surface area contributed by atoms with Gasteiger partial charge in [0, 0.05) is 50.6 Å². The van der Waals surface area contributed by atoms with Gasteiger partial charge in [-0.2, -0.15) is 0 Å². The number of hydrogen-bond donors (Lipinski definition) is 1. The van der Waals surface area contributed by atoms with Crippen LogP contribution in [0.15, 0.2) is 29.2 Å². The van der Waals surface area contributed by atoms with Crippen LogP contribution in [0.2, 0.25) is 0 Å². The highest BCUT2D eigenvalue weighted by Gasteiger charge is 2.22. The fraction of sp³-hybridized carbons (Fsp3) is 0.438. The van der Waals surface area contributed by atoms with Crippen LogP contribution < -0.4 is 5.32 Å². The summed E-state index contributed by atoms with van der Waals surface area (Å²) in [6.07, 6.45) is 0. The first-order valence-electron chi connectivity index (χ1n) is 7.49. The Morgan fingerprint density at radius 3 is 2.09 bits per heavy atom. The number of rotatable bonds is 4. The van der Waals surface area contributed by atoms with Crippen LogP contribution in [0.3, 0.4) is 0 Å². The van der Waals surface area contributed by atoms with Crippen molar-refractivity contribution in [3.05, 3.63) is 24.3 Å². The van der Waals surface area contributed by atoms with Crippen LogP contribution in [0.1, 0.15) is 13.8 Å². The summed E-state index contributed by atoms with van der Waals surface area (Å²) in [7, 11) is 0. The number of nitrogens with one attached hydrogen (secondary N) is 1. The number of carbonyl (C=O) groups excluding carboxylic acids is 3. The summed E-state index contributed by atoms with van der Waals surface area (Å²) in [6.45, 7) is 5.43. The fourth-order valence-electron chi connectivity index (χ4n) is 2.34. The van der Waals surface area contributed by atoms with Crippen LogP contribution in [-0.2, 0) is 14.4 Å². The number of amides is 3. The Balaban J connectivity index is 1.78. The molecule has 23 heavy (non-hydrogen) atoms. The van der Waals surface area contributed by atoms with Gasteiger partial charge in [-0.25, -0.2) is 0 Å². The number of piperazine rings is 1. The summed E-state index contributed by atoms with van der Waals surface area (Å²) in [5, 5.41) is 2.71. The predicted octanol–water partition coefficient (Wildman–Crippen LogP) is 1.43. The Bertz CT molecular complexity index is 581. The second kappa shape index (κ2) is 8.01. The number of thioether (sulfide) groups is 1. The van der Waals surface area contributed by atoms with E-state index >= 15 is 0 Å². The van der Waals surface area contributed by atoms with E-state index in [2.05, 4.69) is 5.32 Å². The van der Waals surface area contributed by atoms with Crippen molar-refractivity contribution in [3.8, 4) is 0 Å². The molecule has 1 heterocycles. The minimum Gasteiger partial charge on any atom is -0.339 e. The molecule has 0 saturated carbocycles. The van der Waals surface area contributed by atoms with Gasteiger partial charge in [-0.15, -0.1) is 11.8 Å². The third-order valence-corrected chi connectivity index (χ3v) is 4.61. The minimum atomic E-state index is -0.106. The van der Waals surface area contributed by atoms with Crippen molar-refractivity contribution in [1.82, 2.24) is 9.80 Å². The Morgan fingerprint density at radius 2 is 1.57 bits per heavy atom. The van der Waals surface area contributed by atoms with Crippen LogP contribution in [0.5, 0.6) is 0 Å². The molecule has 0 radical (unpaired) electrons. The highest BCUT2D eigenvalue weighted by atomic mass is 32.2. The molecule has 124 valence electrons. The summed E-state index contributed by atoms with van der Waals surface area (Å²) in [4.78, 5) is 39.0. The standard InChI is InChI=1S/C16H21N3O3S/c1-12(20)17-14-3-5-15(6-4-14)23-11-16(22)19-9-7-18(8-10-19)13(2)21/h3-6H,7-11H2,1-2H3,(H,17,20). The zero-order valence-electron chi connectivity index (χ0n) is 13.4. The molecule has 1 aromatic rings. The predicted molar refractivity (Wildman–Crippen MR) is 90.3 cm³/mol. The van der Waals surface area contributed by atoms with Crippen LogP contribution in [0.25, 0.3) is 0 Å². The van der Waals surface area contributed by atoms with E-state index in [0.29, 0.717) is 31.9 Å². The number of hydrogen-bond acceptors (Lipinski definition) is 4. The topological polar surface area (TPSA) is 69.7 Å². The molecule has 7 heteroatoms. The number of benzene rings is 1. The maximum absolute atomic E-state index is 12.2. The molecule has 1 fully saturated rings. The van der Waals surface area contributed by atoms with E-state index in [9.17, 15) is 14.4 Å². The van der Waals surface area contributed by atoms with Gasteiger partial charge in [-0.1, -0.05) is 0 Å². The van der Waals surface area contributed by atoms with E-state index in [1.165, 1.54) is 18.7 Å². The highest BCUT2D eigenvalue weighted by Crippen LogP contribution is 2.21. The average molecular weight is 335 g/mol. The summed E-state index contributed by atoms with van der Waals surface area (Å²) in [6, 6.07) is 7.41. The van der Waals surface area contributed by atoms with Crippen LogP contribution in [0.4, 0.5) is 5.69 Å². The van der Waals surface area contributed by atoms with E-state index in [-0.39, 0.29) is 17.7 Å². The minimum absolute atomic E-state index is 0.0609. The fourth-order valence-corrected chi connectivity index (χ4v) is 3.15. The van der Waals surface area contributed by atoms with E-state index < -0.39 is 0 Å². The SMILES string of the molecule is CC(=O)Nc1ccc(SCC(=O)N2CCN(C(C)=O)CC2)cc1. The maximum atomic E-state index is 12.2. The lowest BCUT2D eigenvalue weighted by Crippen LogP contribution is -2.50. The van der Waals surface area contributed by atoms with Gasteiger partial charge in [-0.3, -0.25) is 14.4 Å². The smallest absolute Gasteiger partial charge is 0.233 e. The van der Waals surface area contributed by atoms with Crippen molar-refractivity contribution >= 4 is 35.2 Å². The zero-order valence-corrected chi connectivity index (χ0v) is 14.2. The molecule has 0 atom stereocenters. The summed E-state index contributed by atoms with van der Waals surface area (Å²) in [5.41, 5.74) is 0.744. The molecule has 0 bridgehead atoms. The van der Waals surface area contributed by atoms with Gasteiger partial charge in [0.25, 0.3) is 0 Å². The first-order valence-corrected chi connectivity index (χ1v) is 8.48. The normalized spacial score (nSPS) is 14.5. The third kappa shape index (κ3) is 5.28. The molecule has 3 amide bonds. The van der Waals surface area contributed by atoms with Gasteiger partial charge in [0.2, 0.25) is 17.7 Å². The van der Waals surface area contributed by atoms with Crippen molar-refractivity contribution in [2.24, 2.45) is 0 Å². The molecular weight excluding hydrogens is 314 g/mol. The van der Waals surface area contributed by atoms with E-state index in [4.69, 9.17) is 0 Å². The van der Waals surface area contributed by atoms with Crippen LogP contribution >= 0.6 is 11.8 Å². The summed E-state index contributed by atoms with van der Waals surface area (Å²) >= 11 is 1.47. The lowest BCUT2D eigenvalue weighted by atomic mass is 10.3. The van der Waals surface area contributed by atoms with Crippen molar-refractivity contribution in [2.75, 3.05) is 37.2 Å². The molecule has 6 nitrogen and oxygen atoms in total. The molecule has 1 N–H and O–H groups in total. The molecule has 0 unspecified atom stereocenters. The second-order valence-electron chi connectivity index (χ2n) is 5.38. The molecule has 1 aliphatic rings. The number of anilines is 1. The largest absolute Gasteiger partial charge is 0.339 e. The van der Waals surface area contributed by atoms with Gasteiger partial charge in [-0.05, 0) is 24.3 Å². The lowest BCUT2D eigenvalue weighted by molar-refractivity contribution is -0.136.